The van der Waals surface area contributed by atoms with E-state index in [1.165, 1.54) is 11.1 Å². The molecular weight excluding hydrogens is 208 g/mol. The number of hydrogen-bond donors (Lipinski definition) is 0. The summed E-state index contributed by atoms with van der Waals surface area (Å²) in [4.78, 5) is 0. The van der Waals surface area contributed by atoms with Gasteiger partial charge >= 0.3 is 0 Å². The fraction of sp³-hybridized carbons (Fsp3) is 0.125. The Labute approximate surface area is 101 Å². The summed E-state index contributed by atoms with van der Waals surface area (Å²) < 4.78 is 6.06. The molecule has 0 saturated heterocycles. The monoisotopic (exact) mass is 222 g/mol. The number of fused-ring (bicyclic) bond motifs is 1. The zero-order valence-corrected chi connectivity index (χ0v) is 9.76. The zero-order valence-electron chi connectivity index (χ0n) is 9.76. The Balaban J connectivity index is 1.99. The van der Waals surface area contributed by atoms with E-state index in [4.69, 9.17) is 4.74 Å². The second-order valence-electron chi connectivity index (χ2n) is 4.30. The van der Waals surface area contributed by atoms with E-state index in [1.807, 2.05) is 18.2 Å². The summed E-state index contributed by atoms with van der Waals surface area (Å²) in [6, 6.07) is 16.5. The fourth-order valence-electron chi connectivity index (χ4n) is 2.15. The van der Waals surface area contributed by atoms with Crippen LogP contribution in [0.3, 0.4) is 0 Å². The van der Waals surface area contributed by atoms with Crippen molar-refractivity contribution in [2.45, 2.75) is 13.0 Å². The molecule has 0 fully saturated rings. The van der Waals surface area contributed by atoms with E-state index < -0.39 is 0 Å². The minimum atomic E-state index is 0.0322. The molecule has 0 amide bonds. The Kier molecular flexibility index (Phi) is 2.45. The van der Waals surface area contributed by atoms with Gasteiger partial charge in [-0.25, -0.2) is 0 Å². The van der Waals surface area contributed by atoms with Gasteiger partial charge in [-0.3, -0.25) is 0 Å². The smallest absolute Gasteiger partial charge is 0.142 e. The standard InChI is InChI=1S/C16H14O/c1-12-6-5-9-14-10-11-15(17-16(12)14)13-7-3-2-4-8-13/h2-11,15H,1H3. The van der Waals surface area contributed by atoms with Crippen LogP contribution in [0.4, 0.5) is 0 Å². The molecule has 1 heterocycles. The Bertz CT molecular complexity index is 555. The predicted molar refractivity (Wildman–Crippen MR) is 70.0 cm³/mol. The lowest BCUT2D eigenvalue weighted by atomic mass is 10.0. The normalized spacial score (nSPS) is 17.4. The molecule has 1 heteroatoms. The van der Waals surface area contributed by atoms with E-state index >= 15 is 0 Å². The lowest BCUT2D eigenvalue weighted by molar-refractivity contribution is 0.250. The molecule has 1 aliphatic heterocycles. The summed E-state index contributed by atoms with van der Waals surface area (Å²) in [5.74, 6) is 1.00. The van der Waals surface area contributed by atoms with Gasteiger partial charge in [0, 0.05) is 5.56 Å². The van der Waals surface area contributed by atoms with Gasteiger partial charge in [0.25, 0.3) is 0 Å². The number of hydrogen-bond acceptors (Lipinski definition) is 1. The van der Waals surface area contributed by atoms with E-state index in [1.54, 1.807) is 0 Å². The van der Waals surface area contributed by atoms with Gasteiger partial charge in [0.15, 0.2) is 0 Å². The van der Waals surface area contributed by atoms with Gasteiger partial charge in [0.2, 0.25) is 0 Å². The number of benzene rings is 2. The van der Waals surface area contributed by atoms with E-state index in [-0.39, 0.29) is 6.10 Å². The first-order valence-corrected chi connectivity index (χ1v) is 5.84. The van der Waals surface area contributed by atoms with Crippen LogP contribution in [-0.4, -0.2) is 0 Å². The van der Waals surface area contributed by atoms with Crippen molar-refractivity contribution >= 4 is 6.08 Å². The van der Waals surface area contributed by atoms with Crippen LogP contribution in [0.15, 0.2) is 54.6 Å². The molecule has 0 saturated carbocycles. The van der Waals surface area contributed by atoms with Crippen molar-refractivity contribution in [2.24, 2.45) is 0 Å². The molecule has 2 aromatic carbocycles. The molecule has 3 rings (SSSR count). The van der Waals surface area contributed by atoms with Crippen LogP contribution in [-0.2, 0) is 0 Å². The lowest BCUT2D eigenvalue weighted by Gasteiger charge is -2.23. The Morgan fingerprint density at radius 1 is 0.941 bits per heavy atom. The highest BCUT2D eigenvalue weighted by molar-refractivity contribution is 5.62. The molecular formula is C16H14O. The Morgan fingerprint density at radius 2 is 1.76 bits per heavy atom. The number of rotatable bonds is 1. The summed E-state index contributed by atoms with van der Waals surface area (Å²) in [5, 5.41) is 0. The first-order chi connectivity index (χ1) is 8.34. The van der Waals surface area contributed by atoms with Gasteiger partial charge in [0.05, 0.1) is 0 Å². The molecule has 2 aromatic rings. The third-order valence-corrected chi connectivity index (χ3v) is 3.07. The van der Waals surface area contributed by atoms with Gasteiger partial charge in [-0.2, -0.15) is 0 Å². The topological polar surface area (TPSA) is 9.23 Å². The Hall–Kier alpha value is -2.02. The first-order valence-electron chi connectivity index (χ1n) is 5.84. The molecule has 0 bridgehead atoms. The first kappa shape index (κ1) is 10.2. The van der Waals surface area contributed by atoms with Crippen LogP contribution < -0.4 is 4.74 Å². The predicted octanol–water partition coefficient (Wildman–Crippen LogP) is 4.14. The van der Waals surface area contributed by atoms with Crippen molar-refractivity contribution in [3.8, 4) is 5.75 Å². The average molecular weight is 222 g/mol. The molecule has 17 heavy (non-hydrogen) atoms. The molecule has 84 valence electrons. The van der Waals surface area contributed by atoms with E-state index in [9.17, 15) is 0 Å². The second kappa shape index (κ2) is 4.10. The quantitative estimate of drug-likeness (QED) is 0.704. The lowest BCUT2D eigenvalue weighted by Crippen LogP contribution is -2.09. The number of aryl methyl sites for hydroxylation is 1. The largest absolute Gasteiger partial charge is 0.481 e. The van der Waals surface area contributed by atoms with Gasteiger partial charge < -0.3 is 4.74 Å². The average Bonchev–Trinajstić information content (AvgIpc) is 2.40. The highest BCUT2D eigenvalue weighted by atomic mass is 16.5. The molecule has 1 nitrogen and oxygen atoms in total. The molecule has 1 aliphatic rings. The van der Waals surface area contributed by atoms with Crippen molar-refractivity contribution < 1.29 is 4.74 Å². The van der Waals surface area contributed by atoms with Gasteiger partial charge in [-0.15, -0.1) is 0 Å². The Morgan fingerprint density at radius 3 is 2.59 bits per heavy atom. The van der Waals surface area contributed by atoms with E-state index in [0.29, 0.717) is 0 Å². The highest BCUT2D eigenvalue weighted by Gasteiger charge is 2.17. The maximum atomic E-state index is 6.06. The van der Waals surface area contributed by atoms with Crippen LogP contribution in [0.1, 0.15) is 22.8 Å². The van der Waals surface area contributed by atoms with E-state index in [2.05, 4.69) is 49.4 Å². The third kappa shape index (κ3) is 1.84. The maximum Gasteiger partial charge on any atom is 0.142 e. The van der Waals surface area contributed by atoms with Crippen LogP contribution in [0.5, 0.6) is 5.75 Å². The summed E-state index contributed by atoms with van der Waals surface area (Å²) in [6.45, 7) is 2.08. The SMILES string of the molecule is Cc1cccc2c1OC(c1ccccc1)C=C2. The van der Waals surface area contributed by atoms with Crippen molar-refractivity contribution in [3.05, 3.63) is 71.3 Å². The highest BCUT2D eigenvalue weighted by Crippen LogP contribution is 2.34. The third-order valence-electron chi connectivity index (χ3n) is 3.07. The summed E-state index contributed by atoms with van der Waals surface area (Å²) in [5.41, 5.74) is 3.54. The molecule has 0 aromatic heterocycles. The molecule has 0 N–H and O–H groups in total. The molecule has 1 unspecified atom stereocenters. The maximum absolute atomic E-state index is 6.06. The summed E-state index contributed by atoms with van der Waals surface area (Å²) >= 11 is 0. The van der Waals surface area contributed by atoms with Gasteiger partial charge in [0.1, 0.15) is 11.9 Å². The summed E-state index contributed by atoms with van der Waals surface area (Å²) in [7, 11) is 0. The van der Waals surface area contributed by atoms with Crippen molar-refractivity contribution in [3.63, 3.8) is 0 Å². The molecule has 0 radical (unpaired) electrons. The second-order valence-corrected chi connectivity index (χ2v) is 4.30. The zero-order chi connectivity index (χ0) is 11.7. The van der Waals surface area contributed by atoms with E-state index in [0.717, 1.165) is 11.3 Å². The minimum absolute atomic E-state index is 0.0322. The number of ether oxygens (including phenoxy) is 1. The van der Waals surface area contributed by atoms with Crippen LogP contribution in [0.2, 0.25) is 0 Å². The number of para-hydroxylation sites is 1. The van der Waals surface area contributed by atoms with Gasteiger partial charge in [-0.1, -0.05) is 54.6 Å². The summed E-state index contributed by atoms with van der Waals surface area (Å²) in [6.07, 6.45) is 4.28. The van der Waals surface area contributed by atoms with Crippen LogP contribution in [0, 0.1) is 6.92 Å². The molecule has 0 aliphatic carbocycles. The van der Waals surface area contributed by atoms with Crippen LogP contribution >= 0.6 is 0 Å². The van der Waals surface area contributed by atoms with Crippen LogP contribution in [0.25, 0.3) is 6.08 Å². The molecule has 1 atom stereocenters. The van der Waals surface area contributed by atoms with Crippen molar-refractivity contribution in [2.75, 3.05) is 0 Å². The fourth-order valence-corrected chi connectivity index (χ4v) is 2.15. The van der Waals surface area contributed by atoms with Crippen molar-refractivity contribution in [1.29, 1.82) is 0 Å². The van der Waals surface area contributed by atoms with Gasteiger partial charge in [-0.05, 0) is 24.1 Å². The minimum Gasteiger partial charge on any atom is -0.481 e. The van der Waals surface area contributed by atoms with Crippen molar-refractivity contribution in [1.82, 2.24) is 0 Å². The molecule has 0 spiro atoms.